The van der Waals surface area contributed by atoms with E-state index in [9.17, 15) is 9.59 Å². The molecule has 2 rings (SSSR count). The van der Waals surface area contributed by atoms with Crippen molar-refractivity contribution in [3.63, 3.8) is 0 Å². The standard InChI is InChI=1S/C12H18N4O2/c1-12(2,3)16-5-4-13-10(11(16)18)15-8-6-9(17)14-7-8/h4-5,8H,6-7H2,1-3H3,(H,13,15)(H,14,17). The van der Waals surface area contributed by atoms with Crippen LogP contribution in [0.3, 0.4) is 0 Å². The van der Waals surface area contributed by atoms with Gasteiger partial charge in [0.05, 0.1) is 6.04 Å². The molecule has 1 aromatic rings. The monoisotopic (exact) mass is 250 g/mol. The van der Waals surface area contributed by atoms with E-state index in [1.165, 1.54) is 0 Å². The Bertz CT molecular complexity index is 516. The zero-order valence-corrected chi connectivity index (χ0v) is 10.9. The average molecular weight is 250 g/mol. The molecular weight excluding hydrogens is 232 g/mol. The molecule has 1 atom stereocenters. The first-order valence-corrected chi connectivity index (χ1v) is 5.99. The number of amides is 1. The summed E-state index contributed by atoms with van der Waals surface area (Å²) in [5.41, 5.74) is -0.454. The number of hydrogen-bond acceptors (Lipinski definition) is 4. The van der Waals surface area contributed by atoms with Crippen molar-refractivity contribution >= 4 is 11.7 Å². The van der Waals surface area contributed by atoms with Crippen LogP contribution in [-0.4, -0.2) is 28.0 Å². The van der Waals surface area contributed by atoms with Gasteiger partial charge in [-0.25, -0.2) is 4.98 Å². The maximum atomic E-state index is 12.2. The third-order valence-corrected chi connectivity index (χ3v) is 2.88. The largest absolute Gasteiger partial charge is 0.360 e. The van der Waals surface area contributed by atoms with Gasteiger partial charge >= 0.3 is 0 Å². The number of carbonyl (C=O) groups is 1. The summed E-state index contributed by atoms with van der Waals surface area (Å²) in [4.78, 5) is 27.4. The van der Waals surface area contributed by atoms with E-state index >= 15 is 0 Å². The van der Waals surface area contributed by atoms with E-state index in [2.05, 4.69) is 15.6 Å². The summed E-state index contributed by atoms with van der Waals surface area (Å²) in [6.07, 6.45) is 3.65. The Morgan fingerprint density at radius 2 is 2.17 bits per heavy atom. The summed E-state index contributed by atoms with van der Waals surface area (Å²) in [6.45, 7) is 6.40. The van der Waals surface area contributed by atoms with Crippen LogP contribution < -0.4 is 16.2 Å². The van der Waals surface area contributed by atoms with Gasteiger partial charge in [0.15, 0.2) is 5.82 Å². The van der Waals surface area contributed by atoms with Crippen LogP contribution in [0.4, 0.5) is 5.82 Å². The van der Waals surface area contributed by atoms with Crippen molar-refractivity contribution in [3.05, 3.63) is 22.7 Å². The van der Waals surface area contributed by atoms with Crippen molar-refractivity contribution in [2.75, 3.05) is 11.9 Å². The molecule has 1 fully saturated rings. The molecule has 6 heteroatoms. The highest BCUT2D eigenvalue weighted by Crippen LogP contribution is 2.12. The number of nitrogens with one attached hydrogen (secondary N) is 2. The second-order valence-corrected chi connectivity index (χ2v) is 5.47. The summed E-state index contributed by atoms with van der Waals surface area (Å²) in [5, 5.41) is 5.74. The number of carbonyl (C=O) groups excluding carboxylic acids is 1. The minimum absolute atomic E-state index is 0.000391. The Morgan fingerprint density at radius 1 is 1.44 bits per heavy atom. The summed E-state index contributed by atoms with van der Waals surface area (Å²) < 4.78 is 1.63. The number of anilines is 1. The Balaban J connectivity index is 2.24. The molecule has 1 saturated heterocycles. The molecule has 0 aromatic carbocycles. The average Bonchev–Trinajstić information content (AvgIpc) is 2.65. The van der Waals surface area contributed by atoms with Crippen LogP contribution in [0.5, 0.6) is 0 Å². The van der Waals surface area contributed by atoms with Gasteiger partial charge in [0, 0.05) is 30.9 Å². The molecule has 0 saturated carbocycles. The van der Waals surface area contributed by atoms with Crippen molar-refractivity contribution in [3.8, 4) is 0 Å². The van der Waals surface area contributed by atoms with Crippen molar-refractivity contribution in [2.45, 2.75) is 38.8 Å². The predicted octanol–water partition coefficient (Wildman–Crippen LogP) is 0.299. The van der Waals surface area contributed by atoms with Gasteiger partial charge in [-0.3, -0.25) is 9.59 Å². The highest BCUT2D eigenvalue weighted by Gasteiger charge is 2.23. The SMILES string of the molecule is CC(C)(C)n1ccnc(NC2CNC(=O)C2)c1=O. The van der Waals surface area contributed by atoms with E-state index in [1.54, 1.807) is 17.0 Å². The van der Waals surface area contributed by atoms with Crippen LogP contribution in [0.1, 0.15) is 27.2 Å². The van der Waals surface area contributed by atoms with Gasteiger partial charge in [-0.05, 0) is 20.8 Å². The maximum absolute atomic E-state index is 12.2. The van der Waals surface area contributed by atoms with Gasteiger partial charge < -0.3 is 15.2 Å². The minimum atomic E-state index is -0.291. The molecule has 2 N–H and O–H groups in total. The molecule has 0 bridgehead atoms. The summed E-state index contributed by atoms with van der Waals surface area (Å²) in [7, 11) is 0. The molecule has 0 spiro atoms. The van der Waals surface area contributed by atoms with E-state index < -0.39 is 0 Å². The summed E-state index contributed by atoms with van der Waals surface area (Å²) in [5.74, 6) is 0.300. The smallest absolute Gasteiger partial charge is 0.293 e. The van der Waals surface area contributed by atoms with Crippen molar-refractivity contribution in [2.24, 2.45) is 0 Å². The maximum Gasteiger partial charge on any atom is 0.293 e. The van der Waals surface area contributed by atoms with E-state index in [-0.39, 0.29) is 23.0 Å². The van der Waals surface area contributed by atoms with E-state index in [1.807, 2.05) is 20.8 Å². The summed E-state index contributed by atoms with van der Waals surface area (Å²) >= 11 is 0. The first kappa shape index (κ1) is 12.6. The molecule has 2 heterocycles. The Kier molecular flexibility index (Phi) is 3.11. The van der Waals surface area contributed by atoms with Gasteiger partial charge in [0.25, 0.3) is 5.56 Å². The van der Waals surface area contributed by atoms with Crippen LogP contribution in [0.15, 0.2) is 17.2 Å². The van der Waals surface area contributed by atoms with Crippen LogP contribution in [0.2, 0.25) is 0 Å². The molecule has 18 heavy (non-hydrogen) atoms. The molecule has 1 unspecified atom stereocenters. The van der Waals surface area contributed by atoms with Crippen molar-refractivity contribution in [1.82, 2.24) is 14.9 Å². The van der Waals surface area contributed by atoms with Gasteiger partial charge in [-0.1, -0.05) is 0 Å². The number of aromatic nitrogens is 2. The van der Waals surface area contributed by atoms with E-state index in [0.717, 1.165) is 0 Å². The van der Waals surface area contributed by atoms with Gasteiger partial charge in [-0.15, -0.1) is 0 Å². The molecule has 6 nitrogen and oxygen atoms in total. The highest BCUT2D eigenvalue weighted by atomic mass is 16.2. The lowest BCUT2D eigenvalue weighted by Gasteiger charge is -2.23. The van der Waals surface area contributed by atoms with Crippen molar-refractivity contribution < 1.29 is 4.79 Å². The third-order valence-electron chi connectivity index (χ3n) is 2.88. The fourth-order valence-electron chi connectivity index (χ4n) is 1.94. The minimum Gasteiger partial charge on any atom is -0.360 e. The van der Waals surface area contributed by atoms with Crippen LogP contribution in [-0.2, 0) is 10.3 Å². The predicted molar refractivity (Wildman–Crippen MR) is 68.5 cm³/mol. The first-order chi connectivity index (χ1) is 8.38. The van der Waals surface area contributed by atoms with Gasteiger partial charge in [0.1, 0.15) is 0 Å². The number of rotatable bonds is 2. The zero-order chi connectivity index (χ0) is 13.3. The molecule has 1 amide bonds. The van der Waals surface area contributed by atoms with Crippen LogP contribution >= 0.6 is 0 Å². The molecule has 98 valence electrons. The van der Waals surface area contributed by atoms with Gasteiger partial charge in [0.2, 0.25) is 5.91 Å². The van der Waals surface area contributed by atoms with Crippen LogP contribution in [0, 0.1) is 0 Å². The molecular formula is C12H18N4O2. The lowest BCUT2D eigenvalue weighted by atomic mass is 10.1. The van der Waals surface area contributed by atoms with E-state index in [0.29, 0.717) is 18.8 Å². The molecule has 0 aliphatic carbocycles. The molecule has 1 aliphatic heterocycles. The van der Waals surface area contributed by atoms with Crippen molar-refractivity contribution in [1.29, 1.82) is 0 Å². The molecule has 1 aliphatic rings. The fourth-order valence-corrected chi connectivity index (χ4v) is 1.94. The lowest BCUT2D eigenvalue weighted by molar-refractivity contribution is -0.119. The third kappa shape index (κ3) is 2.52. The second kappa shape index (κ2) is 4.44. The topological polar surface area (TPSA) is 76.0 Å². The Labute approximate surface area is 105 Å². The van der Waals surface area contributed by atoms with E-state index in [4.69, 9.17) is 0 Å². The second-order valence-electron chi connectivity index (χ2n) is 5.47. The summed E-state index contributed by atoms with van der Waals surface area (Å²) in [6, 6.07) is -0.0616. The first-order valence-electron chi connectivity index (χ1n) is 5.99. The molecule has 0 radical (unpaired) electrons. The number of hydrogen-bond donors (Lipinski definition) is 2. The zero-order valence-electron chi connectivity index (χ0n) is 10.9. The normalized spacial score (nSPS) is 19.7. The quantitative estimate of drug-likeness (QED) is 0.791. The fraction of sp³-hybridized carbons (Fsp3) is 0.583. The Morgan fingerprint density at radius 3 is 2.72 bits per heavy atom. The van der Waals surface area contributed by atoms with Crippen LogP contribution in [0.25, 0.3) is 0 Å². The Hall–Kier alpha value is -1.85. The lowest BCUT2D eigenvalue weighted by Crippen LogP contribution is -2.37. The molecule has 1 aromatic heterocycles. The highest BCUT2D eigenvalue weighted by molar-refractivity contribution is 5.79. The van der Waals surface area contributed by atoms with Gasteiger partial charge in [-0.2, -0.15) is 0 Å². The number of nitrogens with zero attached hydrogens (tertiary/aromatic N) is 2.